The first-order chi connectivity index (χ1) is 12.4. The summed E-state index contributed by atoms with van der Waals surface area (Å²) in [7, 11) is 1.43. The topological polar surface area (TPSA) is 100 Å². The Balaban J connectivity index is 2.14. The van der Waals surface area contributed by atoms with E-state index in [9.17, 15) is 14.7 Å². The average molecular weight is 376 g/mol. The zero-order valence-corrected chi connectivity index (χ0v) is 14.9. The number of aliphatic carboxylic acids is 1. The standard InChI is InChI=1S/C18H17ClN2O5/c1-11(20-21-18(24)13-5-3-4-6-14(13)19)12-7-8-15(16(9-12)25-2)26-10-17(22)23/h3-9H,10H2,1-2H3,(H,21,24)(H,22,23)/p-1/b20-11-. The molecule has 0 fully saturated rings. The third kappa shape index (κ3) is 4.97. The highest BCUT2D eigenvalue weighted by atomic mass is 35.5. The van der Waals surface area contributed by atoms with Crippen molar-refractivity contribution in [2.24, 2.45) is 5.10 Å². The Morgan fingerprint density at radius 3 is 2.58 bits per heavy atom. The van der Waals surface area contributed by atoms with Crippen molar-refractivity contribution in [2.45, 2.75) is 6.92 Å². The number of ether oxygens (including phenoxy) is 2. The molecule has 0 atom stereocenters. The van der Waals surface area contributed by atoms with Crippen molar-refractivity contribution in [3.8, 4) is 11.5 Å². The lowest BCUT2D eigenvalue weighted by atomic mass is 10.1. The van der Waals surface area contributed by atoms with Crippen molar-refractivity contribution in [3.63, 3.8) is 0 Å². The molecule has 0 unspecified atom stereocenters. The Hall–Kier alpha value is -3.06. The fourth-order valence-electron chi connectivity index (χ4n) is 2.05. The number of hydrogen-bond acceptors (Lipinski definition) is 6. The van der Waals surface area contributed by atoms with Gasteiger partial charge in [-0.2, -0.15) is 5.10 Å². The molecule has 0 aromatic heterocycles. The predicted octanol–water partition coefficient (Wildman–Crippen LogP) is 1.63. The average Bonchev–Trinajstić information content (AvgIpc) is 2.64. The van der Waals surface area contributed by atoms with Crippen LogP contribution in [0, 0.1) is 0 Å². The molecule has 8 heteroatoms. The minimum absolute atomic E-state index is 0.258. The van der Waals surface area contributed by atoms with Crippen LogP contribution in [0.2, 0.25) is 5.02 Å². The Bertz CT molecular complexity index is 851. The summed E-state index contributed by atoms with van der Waals surface area (Å²) in [5.41, 5.74) is 3.92. The minimum atomic E-state index is -1.34. The van der Waals surface area contributed by atoms with Crippen LogP contribution in [0.1, 0.15) is 22.8 Å². The number of nitrogens with one attached hydrogen (secondary N) is 1. The van der Waals surface area contributed by atoms with Crippen molar-refractivity contribution in [1.82, 2.24) is 5.43 Å². The number of rotatable bonds is 7. The summed E-state index contributed by atoms with van der Waals surface area (Å²) in [4.78, 5) is 22.6. The molecule has 26 heavy (non-hydrogen) atoms. The van der Waals surface area contributed by atoms with E-state index in [1.54, 1.807) is 49.4 Å². The molecule has 0 heterocycles. The number of amides is 1. The maximum atomic E-state index is 12.1. The van der Waals surface area contributed by atoms with Gasteiger partial charge in [-0.15, -0.1) is 0 Å². The molecule has 0 aliphatic rings. The summed E-state index contributed by atoms with van der Waals surface area (Å²) < 4.78 is 10.3. The van der Waals surface area contributed by atoms with Crippen LogP contribution in [0.5, 0.6) is 11.5 Å². The first-order valence-electron chi connectivity index (χ1n) is 7.52. The van der Waals surface area contributed by atoms with Crippen LogP contribution in [-0.4, -0.2) is 31.3 Å². The molecular weight excluding hydrogens is 360 g/mol. The van der Waals surface area contributed by atoms with Crippen LogP contribution in [0.25, 0.3) is 0 Å². The lowest BCUT2D eigenvalue weighted by molar-refractivity contribution is -0.307. The molecule has 1 N–H and O–H groups in total. The van der Waals surface area contributed by atoms with Gasteiger partial charge in [0, 0.05) is 5.56 Å². The number of carboxylic acids is 1. The number of methoxy groups -OCH3 is 1. The Morgan fingerprint density at radius 1 is 1.19 bits per heavy atom. The fraction of sp³-hybridized carbons (Fsp3) is 0.167. The monoisotopic (exact) mass is 375 g/mol. The molecule has 0 radical (unpaired) electrons. The third-order valence-corrected chi connectivity index (χ3v) is 3.70. The summed E-state index contributed by atoms with van der Waals surface area (Å²) in [6.07, 6.45) is 0. The molecule has 2 rings (SSSR count). The zero-order chi connectivity index (χ0) is 19.1. The van der Waals surface area contributed by atoms with Gasteiger partial charge in [-0.05, 0) is 37.3 Å². The van der Waals surface area contributed by atoms with E-state index in [1.165, 1.54) is 7.11 Å². The second-order valence-electron chi connectivity index (χ2n) is 5.14. The summed E-state index contributed by atoms with van der Waals surface area (Å²) in [6, 6.07) is 11.5. The summed E-state index contributed by atoms with van der Waals surface area (Å²) >= 11 is 5.97. The van der Waals surface area contributed by atoms with Crippen LogP contribution in [0.15, 0.2) is 47.6 Å². The largest absolute Gasteiger partial charge is 0.546 e. The number of carbonyl (C=O) groups excluding carboxylic acids is 2. The van der Waals surface area contributed by atoms with E-state index in [1.807, 2.05) is 0 Å². The van der Waals surface area contributed by atoms with Gasteiger partial charge in [0.2, 0.25) is 0 Å². The van der Waals surface area contributed by atoms with Gasteiger partial charge in [0.25, 0.3) is 5.91 Å². The van der Waals surface area contributed by atoms with Gasteiger partial charge in [0.1, 0.15) is 6.61 Å². The first kappa shape index (κ1) is 19.3. The van der Waals surface area contributed by atoms with Gasteiger partial charge in [-0.25, -0.2) is 5.43 Å². The number of carboxylic acid groups (broad SMARTS) is 1. The molecule has 2 aromatic rings. The van der Waals surface area contributed by atoms with E-state index < -0.39 is 18.5 Å². The smallest absolute Gasteiger partial charge is 0.272 e. The van der Waals surface area contributed by atoms with Crippen LogP contribution >= 0.6 is 11.6 Å². The molecule has 0 saturated carbocycles. The molecule has 7 nitrogen and oxygen atoms in total. The van der Waals surface area contributed by atoms with Crippen molar-refractivity contribution < 1.29 is 24.2 Å². The maximum absolute atomic E-state index is 12.1. The van der Waals surface area contributed by atoms with Gasteiger partial charge < -0.3 is 19.4 Å². The predicted molar refractivity (Wildman–Crippen MR) is 94.6 cm³/mol. The fourth-order valence-corrected chi connectivity index (χ4v) is 2.27. The van der Waals surface area contributed by atoms with E-state index in [-0.39, 0.29) is 5.75 Å². The van der Waals surface area contributed by atoms with Crippen LogP contribution in [-0.2, 0) is 4.79 Å². The normalized spacial score (nSPS) is 11.0. The minimum Gasteiger partial charge on any atom is -0.546 e. The Labute approximate surface area is 155 Å². The van der Waals surface area contributed by atoms with Gasteiger partial charge in [-0.1, -0.05) is 23.7 Å². The highest BCUT2D eigenvalue weighted by molar-refractivity contribution is 6.33. The van der Waals surface area contributed by atoms with Crippen molar-refractivity contribution in [2.75, 3.05) is 13.7 Å². The van der Waals surface area contributed by atoms with Crippen molar-refractivity contribution in [3.05, 3.63) is 58.6 Å². The zero-order valence-electron chi connectivity index (χ0n) is 14.1. The summed E-state index contributed by atoms with van der Waals surface area (Å²) in [6.45, 7) is 1.11. The van der Waals surface area contributed by atoms with Gasteiger partial charge in [0.05, 0.1) is 29.4 Å². The molecule has 0 saturated heterocycles. The molecule has 136 valence electrons. The van der Waals surface area contributed by atoms with Crippen LogP contribution in [0.4, 0.5) is 0 Å². The quantitative estimate of drug-likeness (QED) is 0.585. The van der Waals surface area contributed by atoms with Crippen LogP contribution in [0.3, 0.4) is 0 Å². The highest BCUT2D eigenvalue weighted by Crippen LogP contribution is 2.28. The highest BCUT2D eigenvalue weighted by Gasteiger charge is 2.10. The molecular formula is C18H16ClN2O5-. The number of hydrogen-bond donors (Lipinski definition) is 1. The molecule has 1 amide bonds. The van der Waals surface area contributed by atoms with Gasteiger partial charge in [-0.3, -0.25) is 4.79 Å². The SMILES string of the molecule is COc1cc(/C(C)=N\NC(=O)c2ccccc2Cl)ccc1OCC(=O)[O-]. The Morgan fingerprint density at radius 2 is 1.92 bits per heavy atom. The van der Waals surface area contributed by atoms with Gasteiger partial charge >= 0.3 is 0 Å². The maximum Gasteiger partial charge on any atom is 0.272 e. The number of hydrazone groups is 1. The first-order valence-corrected chi connectivity index (χ1v) is 7.90. The Kier molecular flexibility index (Phi) is 6.57. The lowest BCUT2D eigenvalue weighted by Gasteiger charge is -2.12. The van der Waals surface area contributed by atoms with Crippen molar-refractivity contribution >= 4 is 29.2 Å². The summed E-state index contributed by atoms with van der Waals surface area (Å²) in [5.74, 6) is -1.18. The summed E-state index contributed by atoms with van der Waals surface area (Å²) in [5, 5.41) is 14.9. The number of nitrogens with zero attached hydrogens (tertiary/aromatic N) is 1. The third-order valence-electron chi connectivity index (χ3n) is 3.37. The number of carbonyl (C=O) groups is 2. The van der Waals surface area contributed by atoms with E-state index in [0.29, 0.717) is 27.6 Å². The van der Waals surface area contributed by atoms with Crippen molar-refractivity contribution in [1.29, 1.82) is 0 Å². The second-order valence-corrected chi connectivity index (χ2v) is 5.55. The molecule has 2 aromatic carbocycles. The second kappa shape index (κ2) is 8.87. The number of halogens is 1. The van der Waals surface area contributed by atoms with E-state index in [0.717, 1.165) is 0 Å². The van der Waals surface area contributed by atoms with Gasteiger partial charge in [0.15, 0.2) is 11.5 Å². The number of benzene rings is 2. The van der Waals surface area contributed by atoms with E-state index in [2.05, 4.69) is 10.5 Å². The molecule has 0 aliphatic heterocycles. The molecule has 0 spiro atoms. The lowest BCUT2D eigenvalue weighted by Crippen LogP contribution is -2.29. The van der Waals surface area contributed by atoms with E-state index >= 15 is 0 Å². The van der Waals surface area contributed by atoms with E-state index in [4.69, 9.17) is 21.1 Å². The molecule has 0 aliphatic carbocycles. The van der Waals surface area contributed by atoms with Crippen LogP contribution < -0.4 is 20.0 Å². The molecule has 0 bridgehead atoms.